The number of nitrogens with zero attached hydrogens (tertiary/aromatic N) is 1. The number of piperidine rings is 1. The van der Waals surface area contributed by atoms with E-state index >= 15 is 0 Å². The van der Waals surface area contributed by atoms with Gasteiger partial charge in [0.25, 0.3) is 0 Å². The van der Waals surface area contributed by atoms with E-state index in [0.717, 1.165) is 6.04 Å². The molecule has 0 aliphatic carbocycles. The molecule has 0 amide bonds. The Morgan fingerprint density at radius 1 is 1.29 bits per heavy atom. The SMILES string of the molecule is CCCNC1CCCN(CCCCCSC)C1. The fourth-order valence-electron chi connectivity index (χ4n) is 2.53. The van der Waals surface area contributed by atoms with E-state index in [2.05, 4.69) is 23.4 Å². The standard InChI is InChI=1S/C14H30N2S/c1-3-9-15-14-8-7-11-16(13-14)10-5-4-6-12-17-2/h14-15H,3-13H2,1-2H3. The molecule has 1 atom stereocenters. The zero-order valence-corrected chi connectivity index (χ0v) is 12.5. The molecule has 0 aromatic rings. The van der Waals surface area contributed by atoms with E-state index in [-0.39, 0.29) is 0 Å². The van der Waals surface area contributed by atoms with Crippen molar-refractivity contribution in [3.05, 3.63) is 0 Å². The third-order valence-electron chi connectivity index (χ3n) is 3.51. The topological polar surface area (TPSA) is 15.3 Å². The van der Waals surface area contributed by atoms with Gasteiger partial charge in [0.1, 0.15) is 0 Å². The minimum Gasteiger partial charge on any atom is -0.313 e. The average molecular weight is 258 g/mol. The predicted octanol–water partition coefficient (Wildman–Crippen LogP) is 2.98. The quantitative estimate of drug-likeness (QED) is 0.640. The van der Waals surface area contributed by atoms with E-state index in [9.17, 15) is 0 Å². The van der Waals surface area contributed by atoms with Crippen LogP contribution in [-0.2, 0) is 0 Å². The van der Waals surface area contributed by atoms with E-state index in [1.807, 2.05) is 11.8 Å². The molecule has 0 radical (unpaired) electrons. The Hall–Kier alpha value is 0.270. The van der Waals surface area contributed by atoms with E-state index in [0.29, 0.717) is 0 Å². The predicted molar refractivity (Wildman–Crippen MR) is 80.0 cm³/mol. The van der Waals surface area contributed by atoms with Crippen molar-refractivity contribution in [3.8, 4) is 0 Å². The van der Waals surface area contributed by atoms with Gasteiger partial charge in [0.15, 0.2) is 0 Å². The third-order valence-corrected chi connectivity index (χ3v) is 4.21. The van der Waals surface area contributed by atoms with Gasteiger partial charge in [-0.25, -0.2) is 0 Å². The van der Waals surface area contributed by atoms with Gasteiger partial charge >= 0.3 is 0 Å². The fourth-order valence-corrected chi connectivity index (χ4v) is 3.03. The molecule has 17 heavy (non-hydrogen) atoms. The lowest BCUT2D eigenvalue weighted by Gasteiger charge is -2.33. The van der Waals surface area contributed by atoms with E-state index in [4.69, 9.17) is 0 Å². The summed E-state index contributed by atoms with van der Waals surface area (Å²) in [5.74, 6) is 1.33. The minimum atomic E-state index is 0.759. The fraction of sp³-hybridized carbons (Fsp3) is 1.00. The summed E-state index contributed by atoms with van der Waals surface area (Å²) in [6, 6.07) is 0.759. The van der Waals surface area contributed by atoms with Gasteiger partial charge in [0.2, 0.25) is 0 Å². The molecule has 1 rings (SSSR count). The molecule has 1 fully saturated rings. The molecule has 2 nitrogen and oxygen atoms in total. The molecule has 3 heteroatoms. The summed E-state index contributed by atoms with van der Waals surface area (Å²) in [7, 11) is 0. The van der Waals surface area contributed by atoms with Crippen molar-refractivity contribution in [3.63, 3.8) is 0 Å². The van der Waals surface area contributed by atoms with Crippen LogP contribution in [0.5, 0.6) is 0 Å². The van der Waals surface area contributed by atoms with Gasteiger partial charge in [-0.3, -0.25) is 0 Å². The van der Waals surface area contributed by atoms with Crippen LogP contribution in [-0.4, -0.2) is 49.1 Å². The van der Waals surface area contributed by atoms with Crippen molar-refractivity contribution in [2.45, 2.75) is 51.5 Å². The molecule has 1 N–H and O–H groups in total. The molecule has 0 aromatic heterocycles. The number of hydrogen-bond donors (Lipinski definition) is 1. The highest BCUT2D eigenvalue weighted by Crippen LogP contribution is 2.11. The zero-order chi connectivity index (χ0) is 12.3. The summed E-state index contributed by atoms with van der Waals surface area (Å²) < 4.78 is 0. The first-order valence-electron chi connectivity index (χ1n) is 7.31. The number of rotatable bonds is 9. The molecule has 0 bridgehead atoms. The Morgan fingerprint density at radius 2 is 2.18 bits per heavy atom. The highest BCUT2D eigenvalue weighted by Gasteiger charge is 2.18. The third kappa shape index (κ3) is 7.32. The summed E-state index contributed by atoms with van der Waals surface area (Å²) in [4.78, 5) is 2.66. The van der Waals surface area contributed by atoms with Crippen molar-refractivity contribution >= 4 is 11.8 Å². The van der Waals surface area contributed by atoms with Crippen LogP contribution in [0.3, 0.4) is 0 Å². The molecule has 1 aliphatic rings. The van der Waals surface area contributed by atoms with E-state index in [1.54, 1.807) is 0 Å². The van der Waals surface area contributed by atoms with Crippen molar-refractivity contribution in [2.75, 3.05) is 38.2 Å². The molecular formula is C14H30N2S. The Labute approximate surface area is 112 Å². The normalized spacial score (nSPS) is 21.9. The van der Waals surface area contributed by atoms with Gasteiger partial charge in [-0.2, -0.15) is 11.8 Å². The summed E-state index contributed by atoms with van der Waals surface area (Å²) >= 11 is 1.97. The second kappa shape index (κ2) is 10.2. The first-order valence-corrected chi connectivity index (χ1v) is 8.71. The molecule has 1 saturated heterocycles. The summed E-state index contributed by atoms with van der Waals surface area (Å²) in [6.45, 7) is 7.36. The number of unbranched alkanes of at least 4 members (excludes halogenated alkanes) is 2. The molecule has 0 spiro atoms. The molecular weight excluding hydrogens is 228 g/mol. The van der Waals surface area contributed by atoms with Gasteiger partial charge in [-0.05, 0) is 63.7 Å². The lowest BCUT2D eigenvalue weighted by molar-refractivity contribution is 0.188. The Balaban J connectivity index is 2.03. The molecule has 0 saturated carbocycles. The summed E-state index contributed by atoms with van der Waals surface area (Å²) in [6.07, 6.45) is 10.4. The monoisotopic (exact) mass is 258 g/mol. The minimum absolute atomic E-state index is 0.759. The van der Waals surface area contributed by atoms with Crippen LogP contribution in [0.25, 0.3) is 0 Å². The number of hydrogen-bond acceptors (Lipinski definition) is 3. The molecule has 1 aliphatic heterocycles. The van der Waals surface area contributed by atoms with Crippen molar-refractivity contribution < 1.29 is 0 Å². The zero-order valence-electron chi connectivity index (χ0n) is 11.7. The summed E-state index contributed by atoms with van der Waals surface area (Å²) in [5, 5.41) is 3.67. The smallest absolute Gasteiger partial charge is 0.0195 e. The number of thioether (sulfide) groups is 1. The van der Waals surface area contributed by atoms with Gasteiger partial charge in [-0.15, -0.1) is 0 Å². The van der Waals surface area contributed by atoms with Crippen molar-refractivity contribution in [1.82, 2.24) is 10.2 Å². The maximum Gasteiger partial charge on any atom is 0.0195 e. The van der Waals surface area contributed by atoms with Crippen LogP contribution in [0.1, 0.15) is 45.4 Å². The second-order valence-corrected chi connectivity index (χ2v) is 6.13. The second-order valence-electron chi connectivity index (χ2n) is 5.15. The van der Waals surface area contributed by atoms with Crippen LogP contribution >= 0.6 is 11.8 Å². The van der Waals surface area contributed by atoms with Gasteiger partial charge < -0.3 is 10.2 Å². The van der Waals surface area contributed by atoms with Crippen molar-refractivity contribution in [2.24, 2.45) is 0 Å². The average Bonchev–Trinajstić information content (AvgIpc) is 2.37. The molecule has 102 valence electrons. The van der Waals surface area contributed by atoms with Crippen LogP contribution in [0.2, 0.25) is 0 Å². The highest BCUT2D eigenvalue weighted by atomic mass is 32.2. The lowest BCUT2D eigenvalue weighted by Crippen LogP contribution is -2.46. The van der Waals surface area contributed by atoms with Crippen LogP contribution in [0.15, 0.2) is 0 Å². The van der Waals surface area contributed by atoms with Gasteiger partial charge in [0, 0.05) is 12.6 Å². The molecule has 1 unspecified atom stereocenters. The molecule has 1 heterocycles. The summed E-state index contributed by atoms with van der Waals surface area (Å²) in [5.41, 5.74) is 0. The maximum atomic E-state index is 3.67. The van der Waals surface area contributed by atoms with Crippen LogP contribution in [0, 0.1) is 0 Å². The Morgan fingerprint density at radius 3 is 2.94 bits per heavy atom. The number of nitrogens with one attached hydrogen (secondary N) is 1. The largest absolute Gasteiger partial charge is 0.313 e. The van der Waals surface area contributed by atoms with E-state index < -0.39 is 0 Å². The van der Waals surface area contributed by atoms with E-state index in [1.165, 1.54) is 70.5 Å². The first kappa shape index (κ1) is 15.3. The highest BCUT2D eigenvalue weighted by molar-refractivity contribution is 7.98. The Kier molecular flexibility index (Phi) is 9.21. The Bertz CT molecular complexity index is 176. The van der Waals surface area contributed by atoms with Crippen LogP contribution in [0.4, 0.5) is 0 Å². The van der Waals surface area contributed by atoms with Crippen LogP contribution < -0.4 is 5.32 Å². The lowest BCUT2D eigenvalue weighted by atomic mass is 10.1. The van der Waals surface area contributed by atoms with Gasteiger partial charge in [0.05, 0.1) is 0 Å². The van der Waals surface area contributed by atoms with Crippen molar-refractivity contribution in [1.29, 1.82) is 0 Å². The van der Waals surface area contributed by atoms with Gasteiger partial charge in [-0.1, -0.05) is 13.3 Å². The molecule has 0 aromatic carbocycles. The number of likely N-dealkylation sites (tertiary alicyclic amines) is 1. The maximum absolute atomic E-state index is 3.67. The first-order chi connectivity index (χ1) is 8.36.